The van der Waals surface area contributed by atoms with E-state index in [9.17, 15) is 0 Å². The molecule has 0 unspecified atom stereocenters. The number of hydrogen-bond donors (Lipinski definition) is 0. The highest BCUT2D eigenvalue weighted by Crippen LogP contribution is 2.18. The lowest BCUT2D eigenvalue weighted by molar-refractivity contribution is 0.574. The van der Waals surface area contributed by atoms with Gasteiger partial charge in [-0.25, -0.2) is 0 Å². The maximum Gasteiger partial charge on any atom is 0.0481 e. The van der Waals surface area contributed by atoms with E-state index in [1.807, 2.05) is 6.20 Å². The van der Waals surface area contributed by atoms with Crippen LogP contribution >= 0.6 is 17.0 Å². The Hall–Kier alpha value is -0.890. The van der Waals surface area contributed by atoms with Gasteiger partial charge in [0, 0.05) is 17.3 Å². The van der Waals surface area contributed by atoms with Crippen LogP contribution in [-0.2, 0) is 6.42 Å². The summed E-state index contributed by atoms with van der Waals surface area (Å²) in [5.74, 6) is 0. The lowest BCUT2D eigenvalue weighted by Gasteiger charge is -2.05. The molecule has 0 aliphatic heterocycles. The first-order valence-electron chi connectivity index (χ1n) is 8.24. The van der Waals surface area contributed by atoms with E-state index in [1.54, 1.807) is 0 Å². The molecule has 2 aromatic rings. The Balaban J connectivity index is 0.00000220. The lowest BCUT2D eigenvalue weighted by Crippen LogP contribution is -1.92. The van der Waals surface area contributed by atoms with Gasteiger partial charge < -0.3 is 0 Å². The third-order valence-electron chi connectivity index (χ3n) is 4.02. The van der Waals surface area contributed by atoms with Crippen LogP contribution in [0.25, 0.3) is 10.8 Å². The van der Waals surface area contributed by atoms with Crippen LogP contribution in [0.5, 0.6) is 0 Å². The summed E-state index contributed by atoms with van der Waals surface area (Å²) >= 11 is 0. The molecule has 0 radical (unpaired) electrons. The normalized spacial score (nSPS) is 10.5. The maximum atomic E-state index is 4.57. The lowest BCUT2D eigenvalue weighted by atomic mass is 10.0. The van der Waals surface area contributed by atoms with Crippen molar-refractivity contribution in [1.82, 2.24) is 4.98 Å². The predicted octanol–water partition coefficient (Wildman–Crippen LogP) is 6.50. The van der Waals surface area contributed by atoms with Gasteiger partial charge in [-0.3, -0.25) is 4.98 Å². The number of rotatable bonds is 9. The zero-order chi connectivity index (χ0) is 14.0. The van der Waals surface area contributed by atoms with Gasteiger partial charge in [-0.15, -0.1) is 17.0 Å². The predicted molar refractivity (Wildman–Crippen MR) is 98.4 cm³/mol. The van der Waals surface area contributed by atoms with E-state index in [1.165, 1.54) is 67.8 Å². The Morgan fingerprint density at radius 2 is 1.48 bits per heavy atom. The Bertz CT molecular complexity index is 504. The topological polar surface area (TPSA) is 12.9 Å². The van der Waals surface area contributed by atoms with E-state index >= 15 is 0 Å². The summed E-state index contributed by atoms with van der Waals surface area (Å²) in [6, 6.07) is 10.7. The zero-order valence-corrected chi connectivity index (χ0v) is 14.9. The van der Waals surface area contributed by atoms with Gasteiger partial charge in [0.05, 0.1) is 0 Å². The molecule has 0 aliphatic rings. The minimum Gasteiger partial charge on any atom is -0.261 e. The van der Waals surface area contributed by atoms with E-state index in [-0.39, 0.29) is 17.0 Å². The van der Waals surface area contributed by atoms with Crippen LogP contribution in [0.15, 0.2) is 36.5 Å². The highest BCUT2D eigenvalue weighted by molar-refractivity contribution is 8.93. The molecule has 21 heavy (non-hydrogen) atoms. The minimum atomic E-state index is 0. The third-order valence-corrected chi connectivity index (χ3v) is 4.02. The maximum absolute atomic E-state index is 4.57. The Morgan fingerprint density at radius 3 is 2.24 bits per heavy atom. The third kappa shape index (κ3) is 6.17. The first-order valence-corrected chi connectivity index (χ1v) is 8.24. The fourth-order valence-electron chi connectivity index (χ4n) is 2.81. The number of nitrogens with zero attached hydrogens (tertiary/aromatic N) is 1. The highest BCUT2D eigenvalue weighted by atomic mass is 79.9. The first-order chi connectivity index (χ1) is 9.92. The van der Waals surface area contributed by atoms with Crippen LogP contribution in [0, 0.1) is 0 Å². The average Bonchev–Trinajstić information content (AvgIpc) is 2.50. The van der Waals surface area contributed by atoms with Crippen LogP contribution in [0.1, 0.15) is 64.0 Å². The van der Waals surface area contributed by atoms with Gasteiger partial charge in [-0.05, 0) is 24.3 Å². The van der Waals surface area contributed by atoms with Gasteiger partial charge in [0.2, 0.25) is 0 Å². The molecule has 0 spiro atoms. The molecule has 1 aromatic carbocycles. The van der Waals surface area contributed by atoms with Crippen molar-refractivity contribution in [2.75, 3.05) is 0 Å². The van der Waals surface area contributed by atoms with Gasteiger partial charge in [0.1, 0.15) is 0 Å². The van der Waals surface area contributed by atoms with Crippen LogP contribution in [0.2, 0.25) is 0 Å². The van der Waals surface area contributed by atoms with Crippen molar-refractivity contribution in [1.29, 1.82) is 0 Å². The zero-order valence-electron chi connectivity index (χ0n) is 13.2. The molecule has 1 heterocycles. The minimum absolute atomic E-state index is 0. The number of unbranched alkanes of at least 4 members (excludes halogenated alkanes) is 7. The van der Waals surface area contributed by atoms with Crippen LogP contribution in [0.3, 0.4) is 0 Å². The average molecular weight is 350 g/mol. The van der Waals surface area contributed by atoms with Crippen molar-refractivity contribution < 1.29 is 0 Å². The molecule has 0 saturated carbocycles. The standard InChI is InChI=1S/C19H27N.BrH/c1-2-3-4-5-6-7-8-9-14-19-18-13-11-10-12-17(18)15-16-20-19;/h10-13,15-16H,2-9,14H2,1H3;1H. The van der Waals surface area contributed by atoms with Crippen LogP contribution in [0.4, 0.5) is 0 Å². The molecule has 2 heteroatoms. The largest absolute Gasteiger partial charge is 0.261 e. The van der Waals surface area contributed by atoms with Crippen molar-refractivity contribution in [3.8, 4) is 0 Å². The number of halogens is 1. The Labute approximate surface area is 139 Å². The molecule has 0 N–H and O–H groups in total. The summed E-state index contributed by atoms with van der Waals surface area (Å²) < 4.78 is 0. The molecule has 0 amide bonds. The van der Waals surface area contributed by atoms with Gasteiger partial charge in [-0.1, -0.05) is 76.1 Å². The molecule has 0 fully saturated rings. The first kappa shape index (κ1) is 18.2. The quantitative estimate of drug-likeness (QED) is 0.471. The van der Waals surface area contributed by atoms with Crippen molar-refractivity contribution in [3.63, 3.8) is 0 Å². The molecule has 116 valence electrons. The van der Waals surface area contributed by atoms with Gasteiger partial charge in [0.15, 0.2) is 0 Å². The van der Waals surface area contributed by atoms with Gasteiger partial charge in [0.25, 0.3) is 0 Å². The van der Waals surface area contributed by atoms with Crippen molar-refractivity contribution in [2.45, 2.75) is 64.7 Å². The van der Waals surface area contributed by atoms with E-state index in [4.69, 9.17) is 0 Å². The fourth-order valence-corrected chi connectivity index (χ4v) is 2.81. The van der Waals surface area contributed by atoms with E-state index in [2.05, 4.69) is 42.2 Å². The summed E-state index contributed by atoms with van der Waals surface area (Å²) in [5.41, 5.74) is 1.27. The molecule has 1 nitrogen and oxygen atoms in total. The van der Waals surface area contributed by atoms with Crippen molar-refractivity contribution in [2.24, 2.45) is 0 Å². The monoisotopic (exact) mass is 349 g/mol. The van der Waals surface area contributed by atoms with E-state index < -0.39 is 0 Å². The van der Waals surface area contributed by atoms with E-state index in [0.717, 1.165) is 6.42 Å². The van der Waals surface area contributed by atoms with Gasteiger partial charge in [-0.2, -0.15) is 0 Å². The summed E-state index contributed by atoms with van der Waals surface area (Å²) in [6.07, 6.45) is 14.1. The van der Waals surface area contributed by atoms with E-state index in [0.29, 0.717) is 0 Å². The SMILES string of the molecule is Br.CCCCCCCCCCc1nccc2ccccc12. The Kier molecular flexibility index (Phi) is 9.32. The molecule has 0 aliphatic carbocycles. The molecular formula is C19H28BrN. The molecule has 0 atom stereocenters. The molecule has 1 aromatic heterocycles. The summed E-state index contributed by atoms with van der Waals surface area (Å²) in [7, 11) is 0. The second kappa shape index (κ2) is 10.8. The number of pyridine rings is 1. The number of benzene rings is 1. The second-order valence-corrected chi connectivity index (χ2v) is 5.70. The highest BCUT2D eigenvalue weighted by Gasteiger charge is 2.01. The van der Waals surface area contributed by atoms with Crippen molar-refractivity contribution >= 4 is 27.8 Å². The molecule has 2 rings (SSSR count). The number of aryl methyl sites for hydroxylation is 1. The molecule has 0 saturated heterocycles. The van der Waals surface area contributed by atoms with Gasteiger partial charge >= 0.3 is 0 Å². The second-order valence-electron chi connectivity index (χ2n) is 5.70. The molecule has 0 bridgehead atoms. The summed E-state index contributed by atoms with van der Waals surface area (Å²) in [6.45, 7) is 2.27. The molecular weight excluding hydrogens is 322 g/mol. The number of hydrogen-bond acceptors (Lipinski definition) is 1. The summed E-state index contributed by atoms with van der Waals surface area (Å²) in [4.78, 5) is 4.57. The summed E-state index contributed by atoms with van der Waals surface area (Å²) in [5, 5.41) is 2.65. The number of aromatic nitrogens is 1. The fraction of sp³-hybridized carbons (Fsp3) is 0.526. The number of fused-ring (bicyclic) bond motifs is 1. The Morgan fingerprint density at radius 1 is 0.810 bits per heavy atom. The smallest absolute Gasteiger partial charge is 0.0481 e. The van der Waals surface area contributed by atoms with Crippen molar-refractivity contribution in [3.05, 3.63) is 42.2 Å². The van der Waals surface area contributed by atoms with Crippen LogP contribution in [-0.4, -0.2) is 4.98 Å². The van der Waals surface area contributed by atoms with Crippen LogP contribution < -0.4 is 0 Å².